The lowest BCUT2D eigenvalue weighted by Crippen LogP contribution is -2.51. The SMILES string of the molecule is C.CC(C)(C)OC(=O)NCC=O.CCc1ccc(-c2ccc(C(=O)NC(CN)C(=O)NO)cc2)cc1.CCc1ccc(-c2ccc(C(=O)NC(CNCCN)C(=O)NO)cc2)cc1. The Bertz CT molecular complexity index is 2000. The van der Waals surface area contributed by atoms with E-state index in [1.807, 2.05) is 36.4 Å². The van der Waals surface area contributed by atoms with Crippen LogP contribution in [-0.4, -0.2) is 96.8 Å². The number of hydrogen-bond donors (Lipinski definition) is 10. The number of amides is 5. The van der Waals surface area contributed by atoms with Crippen LogP contribution in [-0.2, 0) is 32.0 Å². The highest BCUT2D eigenvalue weighted by Crippen LogP contribution is 2.22. The lowest BCUT2D eigenvalue weighted by atomic mass is 10.0. The van der Waals surface area contributed by atoms with Gasteiger partial charge in [0.1, 0.15) is 24.0 Å². The van der Waals surface area contributed by atoms with Crippen LogP contribution in [0.1, 0.15) is 73.9 Å². The molecule has 0 bridgehead atoms. The molecule has 0 heterocycles. The summed E-state index contributed by atoms with van der Waals surface area (Å²) in [5, 5.41) is 27.7. The van der Waals surface area contributed by atoms with E-state index < -0.39 is 47.4 Å². The maximum Gasteiger partial charge on any atom is 0.408 e. The fourth-order valence-corrected chi connectivity index (χ4v) is 5.36. The Morgan fingerprint density at radius 2 is 1.03 bits per heavy atom. The highest BCUT2D eigenvalue weighted by Gasteiger charge is 2.21. The van der Waals surface area contributed by atoms with Crippen molar-refractivity contribution in [2.24, 2.45) is 11.5 Å². The Balaban J connectivity index is 0.000000507. The van der Waals surface area contributed by atoms with Crippen molar-refractivity contribution in [1.29, 1.82) is 0 Å². The molecule has 2 unspecified atom stereocenters. The van der Waals surface area contributed by atoms with E-state index in [1.165, 1.54) is 16.6 Å². The van der Waals surface area contributed by atoms with Gasteiger partial charge in [-0.25, -0.2) is 15.8 Å². The third-order valence-corrected chi connectivity index (χ3v) is 8.78. The number of rotatable bonds is 17. The van der Waals surface area contributed by atoms with Gasteiger partial charge in [0, 0.05) is 37.3 Å². The van der Waals surface area contributed by atoms with E-state index in [4.69, 9.17) is 26.6 Å². The molecule has 17 heteroatoms. The van der Waals surface area contributed by atoms with E-state index in [1.54, 1.807) is 50.5 Å². The van der Waals surface area contributed by atoms with E-state index in [-0.39, 0.29) is 27.1 Å². The quantitative estimate of drug-likeness (QED) is 0.0313. The number of carbonyl (C=O) groups is 6. The maximum absolute atomic E-state index is 12.4. The van der Waals surface area contributed by atoms with Crippen LogP contribution in [0.5, 0.6) is 0 Å². The van der Waals surface area contributed by atoms with Crippen LogP contribution in [0.3, 0.4) is 0 Å². The number of carbonyl (C=O) groups excluding carboxylic acids is 6. The maximum atomic E-state index is 12.4. The average Bonchev–Trinajstić information content (AvgIpc) is 3.29. The molecule has 0 aliphatic rings. The number of hydrogen-bond acceptors (Lipinski definition) is 12. The van der Waals surface area contributed by atoms with E-state index in [0.717, 1.165) is 35.1 Å². The molecule has 0 fully saturated rings. The van der Waals surface area contributed by atoms with Crippen LogP contribution >= 0.6 is 0 Å². The standard InChI is InChI=1S/C20H26N4O3.C18H21N3O3.C7H13NO3.CH4/c1-2-14-3-5-15(6-4-14)16-7-9-17(10-8-16)19(25)23-18(20(26)24-27)13-22-12-11-21;1-2-12-3-5-13(6-4-12)14-7-9-15(10-8-14)17(22)20-16(11-19)18(23)21-24;1-7(2,3)11-6(10)8-4-5-9;/h3-10,18,22,27H,2,11-13,21H2,1H3,(H,23,25)(H,24,26);3-10,16,24H,2,11,19H2,1H3,(H,20,22)(H,21,23);5H,4H2,1-3H3,(H,8,10);1H4. The Labute approximate surface area is 369 Å². The summed E-state index contributed by atoms with van der Waals surface area (Å²) in [7, 11) is 0. The zero-order valence-electron chi connectivity index (χ0n) is 35.8. The minimum absolute atomic E-state index is 0. The molecule has 17 nitrogen and oxygen atoms in total. The summed E-state index contributed by atoms with van der Waals surface area (Å²) in [5.74, 6) is -2.27. The normalized spacial score (nSPS) is 11.3. The first-order valence-corrected chi connectivity index (χ1v) is 20.0. The summed E-state index contributed by atoms with van der Waals surface area (Å²) in [4.78, 5) is 68.1. The minimum Gasteiger partial charge on any atom is -0.444 e. The molecule has 63 heavy (non-hydrogen) atoms. The highest BCUT2D eigenvalue weighted by molar-refractivity contribution is 5.98. The van der Waals surface area contributed by atoms with Crippen molar-refractivity contribution in [1.82, 2.24) is 32.2 Å². The van der Waals surface area contributed by atoms with Gasteiger partial charge in [0.25, 0.3) is 23.6 Å². The van der Waals surface area contributed by atoms with E-state index in [9.17, 15) is 28.8 Å². The molecule has 4 aromatic carbocycles. The molecule has 0 aliphatic heterocycles. The van der Waals surface area contributed by atoms with Crippen molar-refractivity contribution in [3.05, 3.63) is 119 Å². The van der Waals surface area contributed by atoms with Gasteiger partial charge in [0.2, 0.25) is 0 Å². The molecular weight excluding hydrogens is 809 g/mol. The number of nitrogens with two attached hydrogens (primary N) is 2. The first-order chi connectivity index (χ1) is 29.6. The van der Waals surface area contributed by atoms with Crippen molar-refractivity contribution in [3.8, 4) is 22.3 Å². The van der Waals surface area contributed by atoms with Crippen molar-refractivity contribution < 1.29 is 43.9 Å². The summed E-state index contributed by atoms with van der Waals surface area (Å²) < 4.78 is 4.83. The number of ether oxygens (including phenoxy) is 1. The molecule has 0 saturated heterocycles. The molecule has 0 aliphatic carbocycles. The van der Waals surface area contributed by atoms with Crippen molar-refractivity contribution >= 4 is 36.0 Å². The summed E-state index contributed by atoms with van der Waals surface area (Å²) in [6.07, 6.45) is 2.01. The molecule has 0 saturated carbocycles. The lowest BCUT2D eigenvalue weighted by Gasteiger charge is -2.18. The molecule has 0 aromatic heterocycles. The van der Waals surface area contributed by atoms with Crippen LogP contribution in [0.4, 0.5) is 4.79 Å². The molecule has 5 amide bonds. The van der Waals surface area contributed by atoms with Gasteiger partial charge in [-0.05, 0) is 91.3 Å². The number of nitrogens with one attached hydrogen (secondary N) is 6. The highest BCUT2D eigenvalue weighted by atomic mass is 16.6. The van der Waals surface area contributed by atoms with Gasteiger partial charge >= 0.3 is 6.09 Å². The smallest absolute Gasteiger partial charge is 0.408 e. The average molecular weight is 873 g/mol. The van der Waals surface area contributed by atoms with Gasteiger partial charge < -0.3 is 42.3 Å². The van der Waals surface area contributed by atoms with Gasteiger partial charge in [-0.1, -0.05) is 94.1 Å². The van der Waals surface area contributed by atoms with Crippen LogP contribution in [0, 0.1) is 0 Å². The predicted molar refractivity (Wildman–Crippen MR) is 243 cm³/mol. The fourth-order valence-electron chi connectivity index (χ4n) is 5.36. The zero-order valence-corrected chi connectivity index (χ0v) is 35.8. The Morgan fingerprint density at radius 1 is 0.651 bits per heavy atom. The molecule has 0 radical (unpaired) electrons. The van der Waals surface area contributed by atoms with Crippen LogP contribution in [0.15, 0.2) is 97.1 Å². The topological polar surface area (TPSA) is 276 Å². The lowest BCUT2D eigenvalue weighted by molar-refractivity contribution is -0.131. The second-order valence-electron chi connectivity index (χ2n) is 14.5. The van der Waals surface area contributed by atoms with Crippen molar-refractivity contribution in [3.63, 3.8) is 0 Å². The van der Waals surface area contributed by atoms with Crippen molar-refractivity contribution in [2.75, 3.05) is 32.7 Å². The molecule has 12 N–H and O–H groups in total. The molecule has 4 aromatic rings. The summed E-state index contributed by atoms with van der Waals surface area (Å²) in [6.45, 7) is 10.4. The first-order valence-electron chi connectivity index (χ1n) is 20.0. The second kappa shape index (κ2) is 28.9. The van der Waals surface area contributed by atoms with Crippen LogP contribution < -0.4 is 43.7 Å². The third kappa shape index (κ3) is 19.8. The molecule has 0 spiro atoms. The van der Waals surface area contributed by atoms with Crippen LogP contribution in [0.2, 0.25) is 0 Å². The Morgan fingerprint density at radius 3 is 1.37 bits per heavy atom. The largest absolute Gasteiger partial charge is 0.444 e. The molecule has 342 valence electrons. The zero-order chi connectivity index (χ0) is 46.1. The summed E-state index contributed by atoms with van der Waals surface area (Å²) in [5.41, 5.74) is 20.9. The van der Waals surface area contributed by atoms with Gasteiger partial charge in [-0.2, -0.15) is 0 Å². The van der Waals surface area contributed by atoms with E-state index in [0.29, 0.717) is 30.5 Å². The van der Waals surface area contributed by atoms with Gasteiger partial charge in [0.15, 0.2) is 0 Å². The summed E-state index contributed by atoms with van der Waals surface area (Å²) in [6, 6.07) is 28.8. The summed E-state index contributed by atoms with van der Waals surface area (Å²) >= 11 is 0. The van der Waals surface area contributed by atoms with Crippen LogP contribution in [0.25, 0.3) is 22.3 Å². The number of benzene rings is 4. The fraction of sp³-hybridized carbons (Fsp3) is 0.348. The minimum atomic E-state index is -0.983. The third-order valence-electron chi connectivity index (χ3n) is 8.78. The number of alkyl carbamates (subject to hydrolysis) is 1. The van der Waals surface area contributed by atoms with Gasteiger partial charge in [0.05, 0.1) is 6.54 Å². The monoisotopic (exact) mass is 872 g/mol. The Hall–Kier alpha value is -6.50. The first kappa shape index (κ1) is 54.5. The number of aryl methyl sites for hydroxylation is 2. The van der Waals surface area contributed by atoms with E-state index >= 15 is 0 Å². The molecule has 4 rings (SSSR count). The van der Waals surface area contributed by atoms with Gasteiger partial charge in [-0.15, -0.1) is 0 Å². The second-order valence-corrected chi connectivity index (χ2v) is 14.5. The predicted octanol–water partition coefficient (Wildman–Crippen LogP) is 3.89. The van der Waals surface area contributed by atoms with E-state index in [2.05, 4.69) is 71.5 Å². The Kier molecular flexibility index (Phi) is 25.0. The van der Waals surface area contributed by atoms with Gasteiger partial charge in [-0.3, -0.25) is 29.6 Å². The molecule has 2 atom stereocenters. The number of aldehydes is 1. The molecular formula is C46H64N8O9. The van der Waals surface area contributed by atoms with Crippen molar-refractivity contribution in [2.45, 2.75) is 72.6 Å². The number of hydroxylamine groups is 2.